The van der Waals surface area contributed by atoms with E-state index in [-0.39, 0.29) is 0 Å². The first kappa shape index (κ1) is 12.9. The van der Waals surface area contributed by atoms with Crippen LogP contribution >= 0.6 is 0 Å². The second-order valence-electron chi connectivity index (χ2n) is 7.11. The molecule has 5 aliphatic rings. The Bertz CT molecular complexity index is 540. The first-order valence-electron chi connectivity index (χ1n) is 8.55. The van der Waals surface area contributed by atoms with E-state index in [0.29, 0.717) is 0 Å². The van der Waals surface area contributed by atoms with Crippen LogP contribution < -0.4 is 0 Å². The quantitative estimate of drug-likeness (QED) is 0.627. The van der Waals surface area contributed by atoms with Crippen molar-refractivity contribution in [2.24, 2.45) is 40.9 Å². The van der Waals surface area contributed by atoms with E-state index in [1.807, 2.05) is 0 Å². The maximum absolute atomic E-state index is 4.36. The maximum atomic E-state index is 4.36. The molecule has 5 rings (SSSR count). The monoisotopic (exact) mass is 300 g/mol. The highest BCUT2D eigenvalue weighted by atomic mass is 15.7. The fourth-order valence-electron chi connectivity index (χ4n) is 4.01. The van der Waals surface area contributed by atoms with Gasteiger partial charge in [-0.3, -0.25) is 0 Å². The third kappa shape index (κ3) is 1.53. The van der Waals surface area contributed by atoms with Crippen LogP contribution in [0.25, 0.3) is 0 Å². The van der Waals surface area contributed by atoms with E-state index < -0.39 is 22.7 Å². The Morgan fingerprint density at radius 1 is 0.364 bits per heavy atom. The lowest BCUT2D eigenvalue weighted by Gasteiger charge is -2.26. The van der Waals surface area contributed by atoms with Crippen molar-refractivity contribution >= 4 is 0 Å². The number of fused-ring (bicyclic) bond motifs is 3. The van der Waals surface area contributed by atoms with Gasteiger partial charge in [-0.2, -0.15) is 20.5 Å². The van der Waals surface area contributed by atoms with E-state index in [0.717, 1.165) is 25.7 Å². The molecule has 0 atom stereocenters. The molecule has 0 bridgehead atoms. The standard InChI is InChI=1S/C14H20N8/c1-2-4-6-8-10-12(17-18-12)14(21-22-14)13(19-20-13)11(15-16-11)9-7-5-3-1/h1-10H2. The summed E-state index contributed by atoms with van der Waals surface area (Å²) in [5.74, 6) is 0. The van der Waals surface area contributed by atoms with Gasteiger partial charge < -0.3 is 0 Å². The van der Waals surface area contributed by atoms with Crippen molar-refractivity contribution in [1.29, 1.82) is 0 Å². The largest absolute Gasteiger partial charge is 0.291 e. The summed E-state index contributed by atoms with van der Waals surface area (Å²) in [6.45, 7) is 0. The normalized spacial score (nSPS) is 34.2. The SMILES string of the molecule is C1CCCCCC2(N=N2)C2(N=N2)C2(N=N2)C2(CCCC1)N=N2. The van der Waals surface area contributed by atoms with Crippen molar-refractivity contribution in [1.82, 2.24) is 0 Å². The Hall–Kier alpha value is -1.60. The minimum Gasteiger partial charge on any atom is -0.154 e. The molecule has 0 aromatic heterocycles. The Kier molecular flexibility index (Phi) is 2.36. The van der Waals surface area contributed by atoms with E-state index in [9.17, 15) is 0 Å². The van der Waals surface area contributed by atoms with Crippen LogP contribution in [0.3, 0.4) is 0 Å². The Morgan fingerprint density at radius 3 is 0.955 bits per heavy atom. The van der Waals surface area contributed by atoms with Gasteiger partial charge in [-0.15, -0.1) is 20.5 Å². The maximum Gasteiger partial charge on any atom is 0.291 e. The molecular formula is C14H20N8. The molecule has 4 heterocycles. The fourth-order valence-corrected chi connectivity index (χ4v) is 4.01. The first-order valence-corrected chi connectivity index (χ1v) is 8.55. The minimum atomic E-state index is -0.729. The molecule has 8 heteroatoms. The molecule has 1 saturated carbocycles. The van der Waals surface area contributed by atoms with Gasteiger partial charge in [-0.1, -0.05) is 38.5 Å². The number of nitrogens with zero attached hydrogens (tertiary/aromatic N) is 8. The summed E-state index contributed by atoms with van der Waals surface area (Å²) in [7, 11) is 0. The minimum absolute atomic E-state index is 0.527. The third-order valence-corrected chi connectivity index (χ3v) is 5.69. The summed E-state index contributed by atoms with van der Waals surface area (Å²) < 4.78 is 0. The zero-order chi connectivity index (χ0) is 14.7. The molecule has 8 nitrogen and oxygen atoms in total. The van der Waals surface area contributed by atoms with Crippen LogP contribution in [-0.2, 0) is 0 Å². The Morgan fingerprint density at radius 2 is 0.682 bits per heavy atom. The van der Waals surface area contributed by atoms with E-state index in [1.165, 1.54) is 38.5 Å². The molecule has 4 spiro atoms. The van der Waals surface area contributed by atoms with Crippen LogP contribution in [0, 0.1) is 0 Å². The number of hydrogen-bond acceptors (Lipinski definition) is 8. The van der Waals surface area contributed by atoms with Crippen molar-refractivity contribution in [3.63, 3.8) is 0 Å². The molecular weight excluding hydrogens is 280 g/mol. The lowest BCUT2D eigenvalue weighted by Crippen LogP contribution is -2.55. The summed E-state index contributed by atoms with van der Waals surface area (Å²) >= 11 is 0. The lowest BCUT2D eigenvalue weighted by atomic mass is 9.78. The molecule has 1 aliphatic carbocycles. The topological polar surface area (TPSA) is 98.9 Å². The van der Waals surface area contributed by atoms with Crippen molar-refractivity contribution in [2.75, 3.05) is 0 Å². The Balaban J connectivity index is 1.40. The van der Waals surface area contributed by atoms with Gasteiger partial charge in [0.05, 0.1) is 0 Å². The smallest absolute Gasteiger partial charge is 0.154 e. The fraction of sp³-hybridized carbons (Fsp3) is 1.00. The van der Waals surface area contributed by atoms with E-state index >= 15 is 0 Å². The predicted molar refractivity (Wildman–Crippen MR) is 76.5 cm³/mol. The lowest BCUT2D eigenvalue weighted by molar-refractivity contribution is 0.226. The van der Waals surface area contributed by atoms with E-state index in [1.54, 1.807) is 0 Å². The average molecular weight is 300 g/mol. The second kappa shape index (κ2) is 4.02. The molecule has 0 aromatic rings. The molecule has 1 fully saturated rings. The van der Waals surface area contributed by atoms with Gasteiger partial charge >= 0.3 is 0 Å². The van der Waals surface area contributed by atoms with Gasteiger partial charge in [0.1, 0.15) is 0 Å². The van der Waals surface area contributed by atoms with Crippen LogP contribution in [0.4, 0.5) is 0 Å². The highest BCUT2D eigenvalue weighted by molar-refractivity contribution is 5.38. The van der Waals surface area contributed by atoms with Crippen molar-refractivity contribution in [2.45, 2.75) is 86.9 Å². The van der Waals surface area contributed by atoms with Crippen LogP contribution in [0.2, 0.25) is 0 Å². The number of rotatable bonds is 0. The molecule has 0 aromatic carbocycles. The molecule has 0 amide bonds. The highest BCUT2D eigenvalue weighted by Gasteiger charge is 2.89. The van der Waals surface area contributed by atoms with Crippen LogP contribution in [-0.4, -0.2) is 22.7 Å². The zero-order valence-corrected chi connectivity index (χ0v) is 12.6. The molecule has 116 valence electrons. The Labute approximate surface area is 128 Å². The predicted octanol–water partition coefficient (Wildman–Crippen LogP) is 4.55. The van der Waals surface area contributed by atoms with Gasteiger partial charge in [-0.05, 0) is 12.8 Å². The molecule has 0 radical (unpaired) electrons. The van der Waals surface area contributed by atoms with Gasteiger partial charge in [0.2, 0.25) is 11.3 Å². The third-order valence-electron chi connectivity index (χ3n) is 5.69. The van der Waals surface area contributed by atoms with E-state index in [4.69, 9.17) is 0 Å². The van der Waals surface area contributed by atoms with Gasteiger partial charge in [-0.25, -0.2) is 0 Å². The molecule has 22 heavy (non-hydrogen) atoms. The summed E-state index contributed by atoms with van der Waals surface area (Å²) in [6.07, 6.45) is 11.7. The van der Waals surface area contributed by atoms with Gasteiger partial charge in [0.25, 0.3) is 11.3 Å². The summed E-state index contributed by atoms with van der Waals surface area (Å²) in [5, 5.41) is 34.8. The molecule has 0 saturated heterocycles. The van der Waals surface area contributed by atoms with Crippen molar-refractivity contribution in [3.05, 3.63) is 0 Å². The average Bonchev–Trinajstić information content (AvgIpc) is 3.27. The molecule has 0 N–H and O–H groups in total. The molecule has 4 aliphatic heterocycles. The summed E-state index contributed by atoms with van der Waals surface area (Å²) in [6, 6.07) is 0. The highest BCUT2D eigenvalue weighted by Crippen LogP contribution is 2.70. The summed E-state index contributed by atoms with van der Waals surface area (Å²) in [4.78, 5) is 0. The van der Waals surface area contributed by atoms with Gasteiger partial charge in [0, 0.05) is 12.8 Å². The van der Waals surface area contributed by atoms with Crippen molar-refractivity contribution in [3.8, 4) is 0 Å². The molecule has 0 unspecified atom stereocenters. The van der Waals surface area contributed by atoms with Crippen LogP contribution in [0.15, 0.2) is 40.9 Å². The van der Waals surface area contributed by atoms with Crippen molar-refractivity contribution < 1.29 is 0 Å². The van der Waals surface area contributed by atoms with Crippen LogP contribution in [0.5, 0.6) is 0 Å². The zero-order valence-electron chi connectivity index (χ0n) is 12.6. The summed E-state index contributed by atoms with van der Waals surface area (Å²) in [5.41, 5.74) is -2.51. The second-order valence-corrected chi connectivity index (χ2v) is 7.11. The first-order chi connectivity index (χ1) is 10.8. The van der Waals surface area contributed by atoms with Crippen LogP contribution in [0.1, 0.15) is 64.2 Å². The number of hydrogen-bond donors (Lipinski definition) is 0. The van der Waals surface area contributed by atoms with E-state index in [2.05, 4.69) is 40.9 Å². The van der Waals surface area contributed by atoms with Gasteiger partial charge in [0.15, 0.2) is 0 Å².